The van der Waals surface area contributed by atoms with Crippen LogP contribution in [0.1, 0.15) is 26.7 Å². The molecule has 0 bridgehead atoms. The number of carbonyl (C=O) groups is 1. The maximum absolute atomic E-state index is 11.8. The van der Waals surface area contributed by atoms with Crippen LogP contribution in [0.3, 0.4) is 0 Å². The number of hydrogen-bond donors (Lipinski definition) is 1. The van der Waals surface area contributed by atoms with Crippen molar-refractivity contribution >= 4 is 39.4 Å². The fourth-order valence-corrected chi connectivity index (χ4v) is 2.12. The van der Waals surface area contributed by atoms with Gasteiger partial charge in [0.1, 0.15) is 5.82 Å². The van der Waals surface area contributed by atoms with Gasteiger partial charge in [-0.1, -0.05) is 32.5 Å². The Bertz CT molecular complexity index is 622. The van der Waals surface area contributed by atoms with Gasteiger partial charge >= 0.3 is 0 Å². The van der Waals surface area contributed by atoms with Gasteiger partial charge in [0.15, 0.2) is 0 Å². The quantitative estimate of drug-likeness (QED) is 0.831. The molecule has 2 rings (SSSR count). The summed E-state index contributed by atoms with van der Waals surface area (Å²) in [5.41, 5.74) is -0.199. The van der Waals surface area contributed by atoms with Crippen LogP contribution in [0.4, 0.5) is 5.82 Å². The van der Waals surface area contributed by atoms with Crippen LogP contribution in [-0.2, 0) is 10.2 Å². The minimum Gasteiger partial charge on any atom is -0.415 e. The second kappa shape index (κ2) is 6.57. The van der Waals surface area contributed by atoms with Crippen LogP contribution in [0.2, 0.25) is 0 Å². The molecule has 2 aromatic rings. The highest BCUT2D eigenvalue weighted by Crippen LogP contribution is 2.24. The summed E-state index contributed by atoms with van der Waals surface area (Å²) in [6.45, 7) is 5.96. The van der Waals surface area contributed by atoms with Gasteiger partial charge in [-0.3, -0.25) is 4.79 Å². The number of nitrogens with one attached hydrogen (secondary N) is 1. The lowest BCUT2D eigenvalue weighted by molar-refractivity contribution is -0.113. The average molecular weight is 371 g/mol. The smallest absolute Gasteiger partial charge is 0.277 e. The zero-order chi connectivity index (χ0) is 15.5. The van der Waals surface area contributed by atoms with E-state index in [0.29, 0.717) is 16.9 Å². The third kappa shape index (κ3) is 4.82. The molecule has 1 N–H and O–H groups in total. The van der Waals surface area contributed by atoms with E-state index in [-0.39, 0.29) is 17.1 Å². The van der Waals surface area contributed by atoms with Crippen molar-refractivity contribution in [3.63, 3.8) is 0 Å². The normalized spacial score (nSPS) is 11.4. The highest BCUT2D eigenvalue weighted by atomic mass is 79.9. The molecule has 0 aliphatic carbocycles. The Morgan fingerprint density at radius 2 is 2.14 bits per heavy atom. The summed E-state index contributed by atoms with van der Waals surface area (Å²) in [5, 5.41) is 11.0. The van der Waals surface area contributed by atoms with Crippen molar-refractivity contribution in [1.82, 2.24) is 15.2 Å². The third-order valence-electron chi connectivity index (χ3n) is 2.37. The molecule has 2 heterocycles. The minimum atomic E-state index is -0.199. The van der Waals surface area contributed by atoms with Crippen molar-refractivity contribution in [2.75, 3.05) is 11.1 Å². The summed E-state index contributed by atoms with van der Waals surface area (Å²) in [7, 11) is 0. The molecule has 0 atom stereocenters. The SMILES string of the molecule is CC(C)(C)c1nnc(SCC(=O)Nc2ccc(Br)cn2)o1. The van der Waals surface area contributed by atoms with Crippen LogP contribution in [0.15, 0.2) is 32.4 Å². The number of carbonyl (C=O) groups excluding carboxylic acids is 1. The predicted molar refractivity (Wildman–Crippen MR) is 84.3 cm³/mol. The monoisotopic (exact) mass is 370 g/mol. The van der Waals surface area contributed by atoms with Crippen LogP contribution in [0, 0.1) is 0 Å². The third-order valence-corrected chi connectivity index (χ3v) is 3.66. The van der Waals surface area contributed by atoms with E-state index in [4.69, 9.17) is 4.42 Å². The van der Waals surface area contributed by atoms with Crippen molar-refractivity contribution in [1.29, 1.82) is 0 Å². The number of halogens is 1. The summed E-state index contributed by atoms with van der Waals surface area (Å²) >= 11 is 4.48. The van der Waals surface area contributed by atoms with Gasteiger partial charge in [-0.15, -0.1) is 10.2 Å². The van der Waals surface area contributed by atoms with Gasteiger partial charge in [-0.25, -0.2) is 4.98 Å². The van der Waals surface area contributed by atoms with Gasteiger partial charge in [-0.2, -0.15) is 0 Å². The Morgan fingerprint density at radius 1 is 1.38 bits per heavy atom. The molecule has 112 valence electrons. The van der Waals surface area contributed by atoms with Crippen molar-refractivity contribution in [2.45, 2.75) is 31.4 Å². The maximum Gasteiger partial charge on any atom is 0.277 e. The van der Waals surface area contributed by atoms with E-state index in [0.717, 1.165) is 4.47 Å². The maximum atomic E-state index is 11.8. The zero-order valence-electron chi connectivity index (χ0n) is 11.9. The van der Waals surface area contributed by atoms with Crippen LogP contribution in [0.5, 0.6) is 0 Å². The molecule has 0 fully saturated rings. The first kappa shape index (κ1) is 16.0. The first-order valence-corrected chi connectivity index (χ1v) is 8.00. The van der Waals surface area contributed by atoms with Crippen LogP contribution >= 0.6 is 27.7 Å². The predicted octanol–water partition coefficient (Wildman–Crippen LogP) is 3.26. The standard InChI is InChI=1S/C13H15BrN4O2S/c1-13(2,3)11-17-18-12(20-11)21-7-10(19)16-9-5-4-8(14)6-15-9/h4-6H,7H2,1-3H3,(H,15,16,19). The first-order chi connectivity index (χ1) is 9.84. The number of anilines is 1. The van der Waals surface area contributed by atoms with Gasteiger partial charge in [-0.05, 0) is 28.1 Å². The topological polar surface area (TPSA) is 80.9 Å². The molecule has 0 radical (unpaired) electrons. The van der Waals surface area contributed by atoms with Gasteiger partial charge in [0.05, 0.1) is 5.75 Å². The number of pyridine rings is 1. The van der Waals surface area contributed by atoms with Crippen LogP contribution < -0.4 is 5.32 Å². The van der Waals surface area contributed by atoms with E-state index in [9.17, 15) is 4.79 Å². The Labute approximate surface area is 135 Å². The molecule has 0 saturated heterocycles. The molecule has 0 aliphatic heterocycles. The number of rotatable bonds is 4. The van der Waals surface area contributed by atoms with Crippen molar-refractivity contribution < 1.29 is 9.21 Å². The molecule has 0 aromatic carbocycles. The fraction of sp³-hybridized carbons (Fsp3) is 0.385. The number of nitrogens with zero attached hydrogens (tertiary/aromatic N) is 3. The highest BCUT2D eigenvalue weighted by molar-refractivity contribution is 9.10. The first-order valence-electron chi connectivity index (χ1n) is 6.23. The van der Waals surface area contributed by atoms with Crippen LogP contribution in [0.25, 0.3) is 0 Å². The lowest BCUT2D eigenvalue weighted by atomic mass is 9.97. The molecular formula is C13H15BrN4O2S. The molecule has 0 spiro atoms. The average Bonchev–Trinajstić information content (AvgIpc) is 2.88. The summed E-state index contributed by atoms with van der Waals surface area (Å²) in [6.07, 6.45) is 1.62. The van der Waals surface area contributed by atoms with Gasteiger partial charge in [0, 0.05) is 16.1 Å². The molecule has 21 heavy (non-hydrogen) atoms. The van der Waals surface area contributed by atoms with E-state index in [1.54, 1.807) is 12.3 Å². The van der Waals surface area contributed by atoms with E-state index < -0.39 is 0 Å². The van der Waals surface area contributed by atoms with E-state index in [1.165, 1.54) is 11.8 Å². The van der Waals surface area contributed by atoms with Gasteiger partial charge < -0.3 is 9.73 Å². The van der Waals surface area contributed by atoms with Crippen LogP contribution in [-0.4, -0.2) is 26.8 Å². The zero-order valence-corrected chi connectivity index (χ0v) is 14.3. The Kier molecular flexibility index (Phi) is 5.00. The molecule has 0 aliphatic rings. The minimum absolute atomic E-state index is 0.176. The van der Waals surface area contributed by atoms with E-state index in [2.05, 4.69) is 36.4 Å². The second-order valence-electron chi connectivity index (χ2n) is 5.32. The summed E-state index contributed by atoms with van der Waals surface area (Å²) in [5.74, 6) is 1.07. The number of aromatic nitrogens is 3. The molecule has 1 amide bonds. The van der Waals surface area contributed by atoms with E-state index in [1.807, 2.05) is 26.8 Å². The summed E-state index contributed by atoms with van der Waals surface area (Å²) in [6, 6.07) is 3.53. The number of hydrogen-bond acceptors (Lipinski definition) is 6. The molecule has 0 unspecified atom stereocenters. The summed E-state index contributed by atoms with van der Waals surface area (Å²) in [4.78, 5) is 15.9. The van der Waals surface area contributed by atoms with E-state index >= 15 is 0 Å². The molecular weight excluding hydrogens is 356 g/mol. The molecule has 8 heteroatoms. The van der Waals surface area contributed by atoms with Gasteiger partial charge in [0.2, 0.25) is 11.8 Å². The molecule has 2 aromatic heterocycles. The second-order valence-corrected chi connectivity index (χ2v) is 7.16. The largest absolute Gasteiger partial charge is 0.415 e. The molecule has 6 nitrogen and oxygen atoms in total. The highest BCUT2D eigenvalue weighted by Gasteiger charge is 2.21. The number of thioether (sulfide) groups is 1. The van der Waals surface area contributed by atoms with Crippen molar-refractivity contribution in [3.05, 3.63) is 28.7 Å². The molecule has 0 saturated carbocycles. The Hall–Kier alpha value is -1.41. The van der Waals surface area contributed by atoms with Gasteiger partial charge in [0.25, 0.3) is 5.22 Å². The lowest BCUT2D eigenvalue weighted by Crippen LogP contribution is -2.14. The number of amides is 1. The van der Waals surface area contributed by atoms with Crippen molar-refractivity contribution in [2.24, 2.45) is 0 Å². The Morgan fingerprint density at radius 3 is 2.71 bits per heavy atom. The fourth-order valence-electron chi connectivity index (χ4n) is 1.33. The Balaban J connectivity index is 1.86. The lowest BCUT2D eigenvalue weighted by Gasteiger charge is -2.10. The summed E-state index contributed by atoms with van der Waals surface area (Å²) < 4.78 is 6.36. The van der Waals surface area contributed by atoms with Crippen molar-refractivity contribution in [3.8, 4) is 0 Å².